The van der Waals surface area contributed by atoms with Crippen LogP contribution in [-0.2, 0) is 6.42 Å². The zero-order chi connectivity index (χ0) is 13.4. The lowest BCUT2D eigenvalue weighted by Crippen LogP contribution is -2.23. The molecule has 0 saturated carbocycles. The van der Waals surface area contributed by atoms with Gasteiger partial charge in [-0.25, -0.2) is 0 Å². The minimum Gasteiger partial charge on any atom is -0.309 e. The Morgan fingerprint density at radius 1 is 1.17 bits per heavy atom. The monoisotopic (exact) mass is 269 g/mol. The highest BCUT2D eigenvalue weighted by Gasteiger charge is 2.20. The zero-order valence-electron chi connectivity index (χ0n) is 12.2. The average Bonchev–Trinajstić information content (AvgIpc) is 2.83. The predicted octanol–water partition coefficient (Wildman–Crippen LogP) is 3.97. The topological polar surface area (TPSA) is 37.8 Å². The molecule has 1 rings (SSSR count). The van der Waals surface area contributed by atoms with E-state index in [4.69, 9.17) is 0 Å². The van der Waals surface area contributed by atoms with Crippen LogP contribution in [0.5, 0.6) is 0 Å². The van der Waals surface area contributed by atoms with E-state index in [0.717, 1.165) is 25.3 Å². The van der Waals surface area contributed by atoms with Crippen molar-refractivity contribution in [2.45, 2.75) is 65.8 Å². The van der Waals surface area contributed by atoms with E-state index in [-0.39, 0.29) is 0 Å². The van der Waals surface area contributed by atoms with Gasteiger partial charge < -0.3 is 5.32 Å². The molecule has 3 nitrogen and oxygen atoms in total. The van der Waals surface area contributed by atoms with Gasteiger partial charge >= 0.3 is 0 Å². The van der Waals surface area contributed by atoms with Crippen LogP contribution in [0.1, 0.15) is 70.0 Å². The highest BCUT2D eigenvalue weighted by Crippen LogP contribution is 2.29. The number of aromatic nitrogens is 2. The van der Waals surface area contributed by atoms with Gasteiger partial charge in [-0.05, 0) is 36.8 Å². The lowest BCUT2D eigenvalue weighted by Gasteiger charge is -2.22. The number of aryl methyl sites for hydroxylation is 1. The maximum absolute atomic E-state index is 4.30. The van der Waals surface area contributed by atoms with Gasteiger partial charge in [0.05, 0.1) is 10.6 Å². The summed E-state index contributed by atoms with van der Waals surface area (Å²) in [6.45, 7) is 9.96. The van der Waals surface area contributed by atoms with Crippen molar-refractivity contribution in [1.29, 1.82) is 0 Å². The molecule has 0 aliphatic carbocycles. The number of nitrogens with one attached hydrogen (secondary N) is 1. The van der Waals surface area contributed by atoms with Crippen LogP contribution in [0, 0.1) is 5.92 Å². The summed E-state index contributed by atoms with van der Waals surface area (Å²) in [5, 5.41) is 7.91. The van der Waals surface area contributed by atoms with Crippen molar-refractivity contribution < 1.29 is 0 Å². The van der Waals surface area contributed by atoms with Crippen molar-refractivity contribution in [3.63, 3.8) is 0 Å². The molecule has 1 unspecified atom stereocenters. The van der Waals surface area contributed by atoms with Gasteiger partial charge in [0.2, 0.25) is 0 Å². The van der Waals surface area contributed by atoms with Crippen LogP contribution in [0.15, 0.2) is 0 Å². The number of nitrogens with zero attached hydrogens (tertiary/aromatic N) is 2. The molecule has 18 heavy (non-hydrogen) atoms. The molecule has 0 fully saturated rings. The van der Waals surface area contributed by atoms with E-state index >= 15 is 0 Å². The first-order chi connectivity index (χ1) is 8.76. The molecule has 1 aromatic rings. The van der Waals surface area contributed by atoms with Gasteiger partial charge in [0.1, 0.15) is 0 Å². The molecule has 0 amide bonds. The smallest absolute Gasteiger partial charge is 0.0803 e. The molecule has 0 aliphatic rings. The summed E-state index contributed by atoms with van der Waals surface area (Å²) in [6.07, 6.45) is 5.92. The van der Waals surface area contributed by atoms with Crippen LogP contribution < -0.4 is 5.32 Å². The molecule has 104 valence electrons. The van der Waals surface area contributed by atoms with E-state index in [1.165, 1.54) is 29.8 Å². The first-order valence-corrected chi connectivity index (χ1v) is 8.08. The zero-order valence-corrected chi connectivity index (χ0v) is 13.0. The first kappa shape index (κ1) is 15.6. The highest BCUT2D eigenvalue weighted by atomic mass is 32.1. The predicted molar refractivity (Wildman–Crippen MR) is 79.0 cm³/mol. The van der Waals surface area contributed by atoms with Gasteiger partial charge in [0.15, 0.2) is 0 Å². The Labute approximate surface area is 116 Å². The summed E-state index contributed by atoms with van der Waals surface area (Å²) < 4.78 is 4.15. The Hall–Kier alpha value is -0.480. The third-order valence-corrected chi connectivity index (χ3v) is 4.44. The van der Waals surface area contributed by atoms with Gasteiger partial charge in [0, 0.05) is 6.04 Å². The second kappa shape index (κ2) is 8.59. The summed E-state index contributed by atoms with van der Waals surface area (Å²) in [7, 11) is 0. The van der Waals surface area contributed by atoms with E-state index in [9.17, 15) is 0 Å². The van der Waals surface area contributed by atoms with E-state index in [1.807, 2.05) is 0 Å². The quantitative estimate of drug-likeness (QED) is 0.737. The number of hydrogen-bond acceptors (Lipinski definition) is 4. The van der Waals surface area contributed by atoms with Crippen molar-refractivity contribution in [3.05, 3.63) is 10.6 Å². The Morgan fingerprint density at radius 3 is 2.44 bits per heavy atom. The maximum Gasteiger partial charge on any atom is 0.0803 e. The fourth-order valence-corrected chi connectivity index (χ4v) is 3.16. The van der Waals surface area contributed by atoms with E-state index < -0.39 is 0 Å². The molecular formula is C14H27N3S. The molecule has 0 radical (unpaired) electrons. The van der Waals surface area contributed by atoms with E-state index in [2.05, 4.69) is 42.6 Å². The van der Waals surface area contributed by atoms with Crippen LogP contribution in [-0.4, -0.2) is 16.1 Å². The lowest BCUT2D eigenvalue weighted by atomic mass is 9.93. The standard InChI is InChI=1S/C14H27N3S/c1-5-9-12-14(18-17-16-12)13(15-8-4)10-11(6-2)7-3/h11,13,15H,5-10H2,1-4H3. The van der Waals surface area contributed by atoms with Crippen LogP contribution in [0.3, 0.4) is 0 Å². The third-order valence-electron chi connectivity index (χ3n) is 3.56. The minimum atomic E-state index is 0.446. The van der Waals surface area contributed by atoms with Crippen molar-refractivity contribution in [1.82, 2.24) is 14.9 Å². The molecule has 0 bridgehead atoms. The summed E-state index contributed by atoms with van der Waals surface area (Å²) in [5.41, 5.74) is 1.21. The number of hydrogen-bond donors (Lipinski definition) is 1. The normalized spacial score (nSPS) is 13.2. The fourth-order valence-electron chi connectivity index (χ4n) is 2.38. The summed E-state index contributed by atoms with van der Waals surface area (Å²) in [4.78, 5) is 1.37. The second-order valence-corrected chi connectivity index (χ2v) is 5.65. The molecular weight excluding hydrogens is 242 g/mol. The van der Waals surface area contributed by atoms with Crippen molar-refractivity contribution >= 4 is 11.5 Å². The maximum atomic E-state index is 4.30. The molecule has 1 atom stereocenters. The number of rotatable bonds is 9. The largest absolute Gasteiger partial charge is 0.309 e. The Balaban J connectivity index is 2.78. The summed E-state index contributed by atoms with van der Waals surface area (Å²) >= 11 is 1.58. The second-order valence-electron chi connectivity index (χ2n) is 4.86. The minimum absolute atomic E-state index is 0.446. The van der Waals surface area contributed by atoms with Gasteiger partial charge in [-0.3, -0.25) is 0 Å². The van der Waals surface area contributed by atoms with Crippen molar-refractivity contribution in [3.8, 4) is 0 Å². The average molecular weight is 269 g/mol. The van der Waals surface area contributed by atoms with Gasteiger partial charge in [-0.15, -0.1) is 5.10 Å². The van der Waals surface area contributed by atoms with Gasteiger partial charge in [-0.2, -0.15) is 0 Å². The van der Waals surface area contributed by atoms with Crippen LogP contribution >= 0.6 is 11.5 Å². The van der Waals surface area contributed by atoms with Gasteiger partial charge in [0.25, 0.3) is 0 Å². The van der Waals surface area contributed by atoms with Gasteiger partial charge in [-0.1, -0.05) is 51.4 Å². The van der Waals surface area contributed by atoms with Crippen LogP contribution in [0.4, 0.5) is 0 Å². The summed E-state index contributed by atoms with van der Waals surface area (Å²) in [5.74, 6) is 0.797. The lowest BCUT2D eigenvalue weighted by molar-refractivity contribution is 0.377. The van der Waals surface area contributed by atoms with Crippen molar-refractivity contribution in [2.75, 3.05) is 6.54 Å². The Bertz CT molecular complexity index is 321. The van der Waals surface area contributed by atoms with Crippen molar-refractivity contribution in [2.24, 2.45) is 5.92 Å². The summed E-state index contributed by atoms with van der Waals surface area (Å²) in [6, 6.07) is 0.446. The Kier molecular flexibility index (Phi) is 7.44. The van der Waals surface area contributed by atoms with E-state index in [1.54, 1.807) is 11.5 Å². The Morgan fingerprint density at radius 2 is 1.89 bits per heavy atom. The SMILES string of the molecule is CCCc1nnsc1C(CC(CC)CC)NCC. The molecule has 1 aromatic heterocycles. The molecule has 0 spiro atoms. The first-order valence-electron chi connectivity index (χ1n) is 7.31. The molecule has 4 heteroatoms. The van der Waals surface area contributed by atoms with E-state index in [0.29, 0.717) is 6.04 Å². The molecule has 1 N–H and O–H groups in total. The van der Waals surface area contributed by atoms with Crippen LogP contribution in [0.2, 0.25) is 0 Å². The molecule has 0 aromatic carbocycles. The van der Waals surface area contributed by atoms with Crippen LogP contribution in [0.25, 0.3) is 0 Å². The molecule has 1 heterocycles. The molecule has 0 saturated heterocycles. The third kappa shape index (κ3) is 4.32. The fraction of sp³-hybridized carbons (Fsp3) is 0.857. The highest BCUT2D eigenvalue weighted by molar-refractivity contribution is 7.05. The molecule has 0 aliphatic heterocycles.